The van der Waals surface area contributed by atoms with Gasteiger partial charge in [0.1, 0.15) is 4.90 Å². The lowest BCUT2D eigenvalue weighted by atomic mass is 10.2. The van der Waals surface area contributed by atoms with Crippen molar-refractivity contribution in [1.82, 2.24) is 9.71 Å². The van der Waals surface area contributed by atoms with Gasteiger partial charge in [0.15, 0.2) is 0 Å². The first-order valence-electron chi connectivity index (χ1n) is 6.59. The van der Waals surface area contributed by atoms with Crippen LogP contribution in [0.1, 0.15) is 6.42 Å². The molecule has 7 nitrogen and oxygen atoms in total. The highest BCUT2D eigenvalue weighted by molar-refractivity contribution is 7.89. The molecule has 5 N–H and O–H groups in total. The van der Waals surface area contributed by atoms with Gasteiger partial charge in [-0.1, -0.05) is 0 Å². The summed E-state index contributed by atoms with van der Waals surface area (Å²) in [6.45, 7) is 0.893. The molecule has 0 amide bonds. The highest BCUT2D eigenvalue weighted by Gasteiger charge is 2.18. The molecule has 0 saturated carbocycles. The molecule has 1 heterocycles. The highest BCUT2D eigenvalue weighted by atomic mass is 32.2. The average Bonchev–Trinajstić information content (AvgIpc) is 2.86. The topological polar surface area (TPSA) is 117 Å². The number of nitrogens with two attached hydrogens (primary N) is 1. The van der Waals surface area contributed by atoms with E-state index in [2.05, 4.69) is 9.71 Å². The number of benzene rings is 1. The summed E-state index contributed by atoms with van der Waals surface area (Å²) in [4.78, 5) is 3.10. The number of aromatic amines is 1. The Morgan fingerprint density at radius 3 is 2.90 bits per heavy atom. The molecule has 21 heavy (non-hydrogen) atoms. The first-order chi connectivity index (χ1) is 10.0. The summed E-state index contributed by atoms with van der Waals surface area (Å²) in [5.41, 5.74) is 6.92. The van der Waals surface area contributed by atoms with E-state index >= 15 is 0 Å². The quantitative estimate of drug-likeness (QED) is 0.416. The first-order valence-corrected chi connectivity index (χ1v) is 8.08. The van der Waals surface area contributed by atoms with Crippen molar-refractivity contribution in [2.24, 2.45) is 0 Å². The predicted molar refractivity (Wildman–Crippen MR) is 80.4 cm³/mol. The van der Waals surface area contributed by atoms with E-state index in [0.29, 0.717) is 29.6 Å². The number of aliphatic hydroxyl groups is 1. The van der Waals surface area contributed by atoms with Crippen LogP contribution in [0.5, 0.6) is 0 Å². The maximum Gasteiger partial charge on any atom is 0.242 e. The van der Waals surface area contributed by atoms with Gasteiger partial charge in [0.25, 0.3) is 0 Å². The van der Waals surface area contributed by atoms with Gasteiger partial charge >= 0.3 is 0 Å². The van der Waals surface area contributed by atoms with E-state index in [1.54, 1.807) is 18.2 Å². The van der Waals surface area contributed by atoms with Crippen LogP contribution in [0.3, 0.4) is 0 Å². The summed E-state index contributed by atoms with van der Waals surface area (Å²) >= 11 is 0. The second-order valence-electron chi connectivity index (χ2n) is 4.55. The Bertz CT molecular complexity index is 697. The number of nitrogen functional groups attached to an aromatic ring is 1. The second-order valence-corrected chi connectivity index (χ2v) is 6.28. The number of fused-ring (bicyclic) bond motifs is 1. The third-order valence-electron chi connectivity index (χ3n) is 2.95. The molecule has 0 aliphatic rings. The third-order valence-corrected chi connectivity index (χ3v) is 4.45. The molecule has 1 aromatic carbocycles. The van der Waals surface area contributed by atoms with E-state index in [4.69, 9.17) is 15.6 Å². The lowest BCUT2D eigenvalue weighted by Crippen LogP contribution is -2.25. The van der Waals surface area contributed by atoms with Gasteiger partial charge in [-0.2, -0.15) is 0 Å². The van der Waals surface area contributed by atoms with Crippen LogP contribution in [0, 0.1) is 0 Å². The molecular formula is C13H19N3O4S. The standard InChI is InChI=1S/C13H19N3O4S/c14-10-2-3-11-12(8-10)15-9-13(11)21(18,19)16-4-1-6-20-7-5-17/h2-3,8-9,15-17H,1,4-7,14H2. The van der Waals surface area contributed by atoms with Gasteiger partial charge in [-0.15, -0.1) is 0 Å². The van der Waals surface area contributed by atoms with Crippen LogP contribution in [0.4, 0.5) is 5.69 Å². The lowest BCUT2D eigenvalue weighted by molar-refractivity contribution is 0.0913. The summed E-state index contributed by atoms with van der Waals surface area (Å²) in [6, 6.07) is 5.04. The summed E-state index contributed by atoms with van der Waals surface area (Å²) in [7, 11) is -3.58. The highest BCUT2D eigenvalue weighted by Crippen LogP contribution is 2.24. The predicted octanol–water partition coefficient (Wildman–Crippen LogP) is 0.427. The maximum absolute atomic E-state index is 12.2. The van der Waals surface area contributed by atoms with Gasteiger partial charge in [0.05, 0.1) is 13.2 Å². The second kappa shape index (κ2) is 6.90. The molecule has 116 valence electrons. The van der Waals surface area contributed by atoms with Gasteiger partial charge in [-0.25, -0.2) is 13.1 Å². The van der Waals surface area contributed by atoms with Crippen LogP contribution in [0.2, 0.25) is 0 Å². The van der Waals surface area contributed by atoms with E-state index in [1.165, 1.54) is 6.20 Å². The molecule has 0 atom stereocenters. The largest absolute Gasteiger partial charge is 0.399 e. The number of aromatic nitrogens is 1. The minimum absolute atomic E-state index is 0.0375. The van der Waals surface area contributed by atoms with Crippen molar-refractivity contribution >= 4 is 26.6 Å². The summed E-state index contributed by atoms with van der Waals surface area (Å²) in [5.74, 6) is 0. The number of sulfonamides is 1. The number of hydrogen-bond donors (Lipinski definition) is 4. The van der Waals surface area contributed by atoms with Gasteiger partial charge in [-0.05, 0) is 24.6 Å². The number of nitrogens with one attached hydrogen (secondary N) is 2. The smallest absolute Gasteiger partial charge is 0.242 e. The van der Waals surface area contributed by atoms with Crippen LogP contribution in [-0.2, 0) is 14.8 Å². The molecule has 2 aromatic rings. The number of H-pyrrole nitrogens is 1. The number of aliphatic hydroxyl groups excluding tert-OH is 1. The fourth-order valence-electron chi connectivity index (χ4n) is 1.96. The zero-order valence-electron chi connectivity index (χ0n) is 11.5. The Hall–Kier alpha value is -1.61. The Kier molecular flexibility index (Phi) is 5.18. The molecule has 0 spiro atoms. The van der Waals surface area contributed by atoms with Crippen LogP contribution in [-0.4, -0.2) is 44.9 Å². The average molecular weight is 313 g/mol. The molecule has 8 heteroatoms. The SMILES string of the molecule is Nc1ccc2c(S(=O)(=O)NCCCOCCO)c[nH]c2c1. The maximum atomic E-state index is 12.2. The van der Waals surface area contributed by atoms with Crippen molar-refractivity contribution in [1.29, 1.82) is 0 Å². The normalized spacial score (nSPS) is 12.0. The van der Waals surface area contributed by atoms with E-state index in [-0.39, 0.29) is 24.7 Å². The Labute approximate surface area is 123 Å². The number of anilines is 1. The first kappa shape index (κ1) is 15.8. The van der Waals surface area contributed by atoms with Gasteiger partial charge in [-0.3, -0.25) is 0 Å². The third kappa shape index (κ3) is 3.94. The van der Waals surface area contributed by atoms with E-state index in [1.807, 2.05) is 0 Å². The van der Waals surface area contributed by atoms with Gasteiger partial charge in [0.2, 0.25) is 10.0 Å². The summed E-state index contributed by atoms with van der Waals surface area (Å²) in [6.07, 6.45) is 1.99. The molecule has 0 fully saturated rings. The zero-order chi connectivity index (χ0) is 15.3. The van der Waals surface area contributed by atoms with Crippen molar-refractivity contribution < 1.29 is 18.3 Å². The van der Waals surface area contributed by atoms with Crippen molar-refractivity contribution in [2.75, 3.05) is 32.1 Å². The molecular weight excluding hydrogens is 294 g/mol. The molecule has 0 aliphatic carbocycles. The van der Waals surface area contributed by atoms with E-state index < -0.39 is 10.0 Å². The number of hydrogen-bond acceptors (Lipinski definition) is 5. The van der Waals surface area contributed by atoms with E-state index in [0.717, 1.165) is 0 Å². The molecule has 0 radical (unpaired) electrons. The summed E-state index contributed by atoms with van der Waals surface area (Å²) < 4.78 is 32.1. The lowest BCUT2D eigenvalue weighted by Gasteiger charge is -2.06. The Morgan fingerprint density at radius 2 is 2.14 bits per heavy atom. The van der Waals surface area contributed by atoms with Crippen molar-refractivity contribution in [3.8, 4) is 0 Å². The zero-order valence-corrected chi connectivity index (χ0v) is 12.3. The Morgan fingerprint density at radius 1 is 1.33 bits per heavy atom. The van der Waals surface area contributed by atoms with Crippen LogP contribution < -0.4 is 10.5 Å². The van der Waals surface area contributed by atoms with E-state index in [9.17, 15) is 8.42 Å². The van der Waals surface area contributed by atoms with Crippen LogP contribution in [0.25, 0.3) is 10.9 Å². The van der Waals surface area contributed by atoms with Gasteiger partial charge < -0.3 is 20.6 Å². The monoisotopic (exact) mass is 313 g/mol. The summed E-state index contributed by atoms with van der Waals surface area (Å²) in [5, 5.41) is 9.15. The van der Waals surface area contributed by atoms with Gasteiger partial charge in [0, 0.05) is 35.9 Å². The molecule has 2 rings (SSSR count). The minimum Gasteiger partial charge on any atom is -0.399 e. The Balaban J connectivity index is 2.01. The molecule has 0 saturated heterocycles. The minimum atomic E-state index is -3.58. The molecule has 0 unspecified atom stereocenters. The molecule has 0 aliphatic heterocycles. The number of rotatable bonds is 8. The van der Waals surface area contributed by atoms with Crippen molar-refractivity contribution in [3.05, 3.63) is 24.4 Å². The fraction of sp³-hybridized carbons (Fsp3) is 0.385. The number of ether oxygens (including phenoxy) is 1. The van der Waals surface area contributed by atoms with Crippen molar-refractivity contribution in [2.45, 2.75) is 11.3 Å². The van der Waals surface area contributed by atoms with Crippen molar-refractivity contribution in [3.63, 3.8) is 0 Å². The fourth-order valence-corrected chi connectivity index (χ4v) is 3.21. The molecule has 0 bridgehead atoms. The molecule has 1 aromatic heterocycles. The van der Waals surface area contributed by atoms with Crippen LogP contribution in [0.15, 0.2) is 29.3 Å². The van der Waals surface area contributed by atoms with Crippen LogP contribution >= 0.6 is 0 Å².